The molecule has 0 radical (unpaired) electrons. The predicted octanol–water partition coefficient (Wildman–Crippen LogP) is 1.45. The number of benzene rings is 1. The first-order chi connectivity index (χ1) is 8.74. The Kier molecular flexibility index (Phi) is 2.62. The van der Waals surface area contributed by atoms with Gasteiger partial charge in [-0.1, -0.05) is 0 Å². The van der Waals surface area contributed by atoms with Gasteiger partial charge in [0.15, 0.2) is 5.96 Å². The quantitative estimate of drug-likeness (QED) is 0.611. The molecule has 0 aromatic heterocycles. The zero-order chi connectivity index (χ0) is 12.5. The molecule has 0 saturated heterocycles. The van der Waals surface area contributed by atoms with Crippen LogP contribution in [-0.2, 0) is 12.8 Å². The molecule has 2 N–H and O–H groups in total. The summed E-state index contributed by atoms with van der Waals surface area (Å²) in [7, 11) is 0. The van der Waals surface area contributed by atoms with E-state index in [1.165, 1.54) is 5.56 Å². The lowest BCUT2D eigenvalue weighted by Crippen LogP contribution is -2.26. The smallest absolute Gasteiger partial charge is 0.293 e. The van der Waals surface area contributed by atoms with Gasteiger partial charge in [-0.3, -0.25) is 15.1 Å². The molecule has 0 atom stereocenters. The van der Waals surface area contributed by atoms with Crippen LogP contribution < -0.4 is 10.6 Å². The molecule has 94 valence electrons. The minimum atomic E-state index is -0.337. The molecule has 1 aliphatic carbocycles. The Morgan fingerprint density at radius 2 is 2.11 bits per heavy atom. The highest BCUT2D eigenvalue weighted by molar-refractivity contribution is 5.96. The van der Waals surface area contributed by atoms with Gasteiger partial charge in [-0.15, -0.1) is 0 Å². The van der Waals surface area contributed by atoms with Crippen LogP contribution in [0.4, 0.5) is 11.4 Å². The van der Waals surface area contributed by atoms with Crippen molar-refractivity contribution in [3.63, 3.8) is 0 Å². The number of nitro groups is 1. The van der Waals surface area contributed by atoms with Crippen LogP contribution in [0.5, 0.6) is 0 Å². The van der Waals surface area contributed by atoms with Gasteiger partial charge in [0.1, 0.15) is 5.69 Å². The van der Waals surface area contributed by atoms with Crippen LogP contribution in [0.25, 0.3) is 0 Å². The number of guanidine groups is 1. The van der Waals surface area contributed by atoms with Gasteiger partial charge in [0.25, 0.3) is 5.69 Å². The van der Waals surface area contributed by atoms with Crippen molar-refractivity contribution in [3.8, 4) is 0 Å². The third kappa shape index (κ3) is 1.90. The molecule has 0 spiro atoms. The molecular weight excluding hydrogens is 232 g/mol. The summed E-state index contributed by atoms with van der Waals surface area (Å²) < 4.78 is 0. The van der Waals surface area contributed by atoms with Crippen molar-refractivity contribution in [1.82, 2.24) is 5.32 Å². The maximum Gasteiger partial charge on any atom is 0.293 e. The highest BCUT2D eigenvalue weighted by atomic mass is 16.6. The van der Waals surface area contributed by atoms with Gasteiger partial charge in [-0.25, -0.2) is 0 Å². The lowest BCUT2D eigenvalue weighted by Gasteiger charge is -2.09. The Hall–Kier alpha value is -2.11. The van der Waals surface area contributed by atoms with Crippen LogP contribution in [-0.4, -0.2) is 24.0 Å². The first-order valence-electron chi connectivity index (χ1n) is 6.09. The summed E-state index contributed by atoms with van der Waals surface area (Å²) in [6.07, 6.45) is 3.02. The zero-order valence-corrected chi connectivity index (χ0v) is 9.90. The summed E-state index contributed by atoms with van der Waals surface area (Å²) in [5.41, 5.74) is 2.98. The van der Waals surface area contributed by atoms with Crippen LogP contribution in [0.3, 0.4) is 0 Å². The van der Waals surface area contributed by atoms with E-state index in [1.807, 2.05) is 6.07 Å². The Morgan fingerprint density at radius 3 is 2.78 bits per heavy atom. The Balaban J connectivity index is 1.98. The molecule has 0 amide bonds. The van der Waals surface area contributed by atoms with E-state index in [0.717, 1.165) is 31.4 Å². The Bertz CT molecular complexity index is 539. The van der Waals surface area contributed by atoms with E-state index in [0.29, 0.717) is 18.2 Å². The third-order valence-electron chi connectivity index (χ3n) is 3.33. The number of nitrogens with one attached hydrogen (secondary N) is 2. The van der Waals surface area contributed by atoms with Crippen molar-refractivity contribution >= 4 is 17.3 Å². The largest absolute Gasteiger partial charge is 0.354 e. The van der Waals surface area contributed by atoms with Gasteiger partial charge in [-0.05, 0) is 36.5 Å². The van der Waals surface area contributed by atoms with E-state index in [4.69, 9.17) is 0 Å². The summed E-state index contributed by atoms with van der Waals surface area (Å²) >= 11 is 0. The zero-order valence-electron chi connectivity index (χ0n) is 9.90. The lowest BCUT2D eigenvalue weighted by molar-refractivity contribution is -0.384. The fourth-order valence-corrected chi connectivity index (χ4v) is 2.47. The third-order valence-corrected chi connectivity index (χ3v) is 3.33. The molecule has 0 unspecified atom stereocenters. The van der Waals surface area contributed by atoms with Crippen LogP contribution in [0.15, 0.2) is 17.1 Å². The fraction of sp³-hybridized carbons (Fsp3) is 0.417. The summed E-state index contributed by atoms with van der Waals surface area (Å²) in [4.78, 5) is 15.0. The Labute approximate surface area is 104 Å². The van der Waals surface area contributed by atoms with E-state index in [1.54, 1.807) is 6.07 Å². The van der Waals surface area contributed by atoms with E-state index < -0.39 is 0 Å². The minimum Gasteiger partial charge on any atom is -0.354 e. The molecule has 1 aliphatic heterocycles. The van der Waals surface area contributed by atoms with Crippen LogP contribution in [0, 0.1) is 10.1 Å². The summed E-state index contributed by atoms with van der Waals surface area (Å²) in [6, 6.07) is 3.59. The van der Waals surface area contributed by atoms with E-state index in [-0.39, 0.29) is 10.6 Å². The highest BCUT2D eigenvalue weighted by Gasteiger charge is 2.22. The van der Waals surface area contributed by atoms with Crippen LogP contribution in [0.1, 0.15) is 17.5 Å². The number of aryl methyl sites for hydroxylation is 2. The number of hydrogen-bond donors (Lipinski definition) is 2. The molecule has 1 heterocycles. The Morgan fingerprint density at radius 1 is 1.33 bits per heavy atom. The number of fused-ring (bicyclic) bond motifs is 1. The number of nitro benzene ring substituents is 1. The highest BCUT2D eigenvalue weighted by Crippen LogP contribution is 2.33. The van der Waals surface area contributed by atoms with Gasteiger partial charge in [0, 0.05) is 12.6 Å². The number of nitrogens with zero attached hydrogens (tertiary/aromatic N) is 2. The van der Waals surface area contributed by atoms with E-state index in [2.05, 4.69) is 15.6 Å². The van der Waals surface area contributed by atoms with Crippen LogP contribution >= 0.6 is 0 Å². The molecular formula is C12H14N4O2. The second kappa shape index (κ2) is 4.29. The van der Waals surface area contributed by atoms with E-state index in [9.17, 15) is 10.1 Å². The molecule has 1 aromatic rings. The normalized spacial score (nSPS) is 17.0. The molecule has 0 saturated carbocycles. The predicted molar refractivity (Wildman–Crippen MR) is 69.0 cm³/mol. The molecule has 0 bridgehead atoms. The van der Waals surface area contributed by atoms with Crippen molar-refractivity contribution in [2.75, 3.05) is 18.4 Å². The maximum absolute atomic E-state index is 11.1. The van der Waals surface area contributed by atoms with Gasteiger partial charge >= 0.3 is 0 Å². The topological polar surface area (TPSA) is 79.6 Å². The fourth-order valence-electron chi connectivity index (χ4n) is 2.47. The summed E-state index contributed by atoms with van der Waals surface area (Å²) in [5, 5.41) is 17.2. The number of aliphatic imine (C=N–C) groups is 1. The SMILES string of the molecule is O=[N+]([O-])c1cc2c(cc1NC1=NCCN1)CCC2. The summed E-state index contributed by atoms with van der Waals surface area (Å²) in [6.45, 7) is 1.49. The molecule has 6 heteroatoms. The lowest BCUT2D eigenvalue weighted by atomic mass is 10.1. The number of hydrogen-bond acceptors (Lipinski definition) is 5. The van der Waals surface area contributed by atoms with Gasteiger partial charge in [0.2, 0.25) is 0 Å². The standard InChI is InChI=1S/C12H14N4O2/c17-16(18)11-7-9-3-1-2-8(9)6-10(11)15-12-13-4-5-14-12/h6-7H,1-5H2,(H2,13,14,15). The molecule has 1 aromatic carbocycles. The molecule has 0 fully saturated rings. The van der Waals surface area contributed by atoms with Crippen molar-refractivity contribution < 1.29 is 4.92 Å². The average Bonchev–Trinajstić information content (AvgIpc) is 2.97. The first kappa shape index (κ1) is 11.0. The second-order valence-corrected chi connectivity index (χ2v) is 4.53. The molecule has 3 rings (SSSR count). The van der Waals surface area contributed by atoms with Gasteiger partial charge in [-0.2, -0.15) is 0 Å². The second-order valence-electron chi connectivity index (χ2n) is 4.53. The van der Waals surface area contributed by atoms with Crippen molar-refractivity contribution in [1.29, 1.82) is 0 Å². The number of rotatable bonds is 2. The minimum absolute atomic E-state index is 0.132. The monoisotopic (exact) mass is 246 g/mol. The first-order valence-corrected chi connectivity index (χ1v) is 6.09. The summed E-state index contributed by atoms with van der Waals surface area (Å²) in [5.74, 6) is 0.621. The number of anilines is 1. The average molecular weight is 246 g/mol. The maximum atomic E-state index is 11.1. The van der Waals surface area contributed by atoms with E-state index >= 15 is 0 Å². The van der Waals surface area contributed by atoms with Gasteiger partial charge < -0.3 is 10.6 Å². The molecule has 6 nitrogen and oxygen atoms in total. The van der Waals surface area contributed by atoms with Crippen molar-refractivity contribution in [2.45, 2.75) is 19.3 Å². The van der Waals surface area contributed by atoms with Crippen molar-refractivity contribution in [3.05, 3.63) is 33.4 Å². The molecule has 18 heavy (non-hydrogen) atoms. The van der Waals surface area contributed by atoms with Gasteiger partial charge in [0.05, 0.1) is 11.5 Å². The van der Waals surface area contributed by atoms with Crippen molar-refractivity contribution in [2.24, 2.45) is 4.99 Å². The molecule has 2 aliphatic rings. The van der Waals surface area contributed by atoms with Crippen LogP contribution in [0.2, 0.25) is 0 Å².